The second-order valence-corrected chi connectivity index (χ2v) is 9.82. The third kappa shape index (κ3) is 3.53. The molecule has 150 valence electrons. The molecule has 4 saturated carbocycles. The van der Waals surface area contributed by atoms with Gasteiger partial charge >= 0.3 is 0 Å². The molecule has 0 radical (unpaired) electrons. The maximum atomic E-state index is 12.8. The lowest BCUT2D eigenvalue weighted by Crippen LogP contribution is -2.50. The van der Waals surface area contributed by atoms with Crippen LogP contribution in [0.15, 0.2) is 18.6 Å². The van der Waals surface area contributed by atoms with Crippen LogP contribution in [0.4, 0.5) is 0 Å². The summed E-state index contributed by atoms with van der Waals surface area (Å²) in [6, 6.07) is 0.187. The van der Waals surface area contributed by atoms with Gasteiger partial charge in [-0.3, -0.25) is 14.6 Å². The van der Waals surface area contributed by atoms with E-state index in [0.717, 1.165) is 37.0 Å². The molecule has 1 aromatic heterocycles. The van der Waals surface area contributed by atoms with Gasteiger partial charge in [0.1, 0.15) is 5.69 Å². The molecule has 0 aromatic carbocycles. The summed E-state index contributed by atoms with van der Waals surface area (Å²) in [5, 5.41) is 3.29. The summed E-state index contributed by atoms with van der Waals surface area (Å²) in [6.45, 7) is 1.33. The van der Waals surface area contributed by atoms with Gasteiger partial charge in [-0.2, -0.15) is 0 Å². The van der Waals surface area contributed by atoms with Crippen LogP contribution in [0.2, 0.25) is 0 Å². The highest BCUT2D eigenvalue weighted by Crippen LogP contribution is 2.61. The predicted molar refractivity (Wildman–Crippen MR) is 104 cm³/mol. The topological polar surface area (TPSA) is 75.2 Å². The summed E-state index contributed by atoms with van der Waals surface area (Å²) < 4.78 is 0. The van der Waals surface area contributed by atoms with E-state index in [1.165, 1.54) is 44.7 Å². The van der Waals surface area contributed by atoms with E-state index in [4.69, 9.17) is 0 Å². The van der Waals surface area contributed by atoms with Gasteiger partial charge in [0.25, 0.3) is 5.91 Å². The molecular weight excluding hydrogens is 352 g/mol. The van der Waals surface area contributed by atoms with Crippen molar-refractivity contribution in [3.63, 3.8) is 0 Å². The molecule has 5 fully saturated rings. The number of hydrogen-bond acceptors (Lipinski definition) is 4. The van der Waals surface area contributed by atoms with Crippen LogP contribution in [0.25, 0.3) is 0 Å². The molecule has 5 aliphatic rings. The van der Waals surface area contributed by atoms with Gasteiger partial charge in [-0.05, 0) is 74.5 Å². The second-order valence-electron chi connectivity index (χ2n) is 9.82. The highest BCUT2D eigenvalue weighted by Gasteiger charge is 2.51. The first-order chi connectivity index (χ1) is 13.6. The van der Waals surface area contributed by atoms with Gasteiger partial charge in [0, 0.05) is 37.9 Å². The molecule has 2 amide bonds. The fraction of sp³-hybridized carbons (Fsp3) is 0.727. The first-order valence-electron chi connectivity index (χ1n) is 10.9. The van der Waals surface area contributed by atoms with Crippen molar-refractivity contribution < 1.29 is 9.59 Å². The molecule has 4 aliphatic carbocycles. The first kappa shape index (κ1) is 18.1. The Hall–Kier alpha value is -1.98. The Balaban J connectivity index is 1.12. The molecule has 0 spiro atoms. The standard InChI is InChI=1S/C22H30N4O2/c27-20(13-22-10-15-7-16(11-22)9-17(8-15)12-22)25-18-1-5-26(6-2-18)21(28)19-14-23-3-4-24-19/h3-4,14-18H,1-2,5-13H2,(H,25,27). The predicted octanol–water partition coefficient (Wildman–Crippen LogP) is 2.80. The number of nitrogens with zero attached hydrogens (tertiary/aromatic N) is 3. The van der Waals surface area contributed by atoms with Crippen LogP contribution >= 0.6 is 0 Å². The van der Waals surface area contributed by atoms with Crippen LogP contribution < -0.4 is 5.32 Å². The summed E-state index contributed by atoms with van der Waals surface area (Å²) in [6.07, 6.45) is 15.1. The van der Waals surface area contributed by atoms with Crippen LogP contribution in [0, 0.1) is 23.2 Å². The van der Waals surface area contributed by atoms with E-state index < -0.39 is 0 Å². The van der Waals surface area contributed by atoms with Crippen LogP contribution in [0.5, 0.6) is 0 Å². The smallest absolute Gasteiger partial charge is 0.274 e. The van der Waals surface area contributed by atoms with Gasteiger partial charge in [-0.1, -0.05) is 0 Å². The molecule has 6 nitrogen and oxygen atoms in total. The Kier molecular flexibility index (Phi) is 4.60. The Bertz CT molecular complexity index is 707. The number of piperidine rings is 1. The maximum absolute atomic E-state index is 12.8. The Morgan fingerprint density at radius 2 is 1.68 bits per heavy atom. The molecule has 0 unspecified atom stereocenters. The highest BCUT2D eigenvalue weighted by atomic mass is 16.2. The van der Waals surface area contributed by atoms with E-state index in [-0.39, 0.29) is 17.9 Å². The van der Waals surface area contributed by atoms with Crippen molar-refractivity contribution in [1.29, 1.82) is 0 Å². The van der Waals surface area contributed by atoms with E-state index in [2.05, 4.69) is 15.3 Å². The monoisotopic (exact) mass is 382 g/mol. The van der Waals surface area contributed by atoms with E-state index in [9.17, 15) is 9.59 Å². The minimum absolute atomic E-state index is 0.0635. The largest absolute Gasteiger partial charge is 0.353 e. The normalized spacial score (nSPS) is 34.4. The molecule has 4 bridgehead atoms. The SMILES string of the molecule is O=C(CC12CC3CC(CC(C3)C1)C2)NC1CCN(C(=O)c2cnccn2)CC1. The third-order valence-corrected chi connectivity index (χ3v) is 7.63. The van der Waals surface area contributed by atoms with Gasteiger partial charge in [0.15, 0.2) is 0 Å². The quantitative estimate of drug-likeness (QED) is 0.869. The zero-order valence-corrected chi connectivity index (χ0v) is 16.5. The molecule has 28 heavy (non-hydrogen) atoms. The van der Waals surface area contributed by atoms with Crippen molar-refractivity contribution in [1.82, 2.24) is 20.2 Å². The second kappa shape index (κ2) is 7.12. The van der Waals surface area contributed by atoms with E-state index >= 15 is 0 Å². The number of carbonyl (C=O) groups excluding carboxylic acids is 2. The maximum Gasteiger partial charge on any atom is 0.274 e. The van der Waals surface area contributed by atoms with E-state index in [1.54, 1.807) is 12.4 Å². The molecule has 1 aromatic rings. The molecule has 1 aliphatic heterocycles. The van der Waals surface area contributed by atoms with Crippen LogP contribution in [-0.4, -0.2) is 45.8 Å². The fourth-order valence-corrected chi connectivity index (χ4v) is 6.92. The van der Waals surface area contributed by atoms with Crippen molar-refractivity contribution in [2.75, 3.05) is 13.1 Å². The van der Waals surface area contributed by atoms with Crippen LogP contribution in [0.1, 0.15) is 68.3 Å². The van der Waals surface area contributed by atoms with Crippen molar-refractivity contribution in [2.24, 2.45) is 23.2 Å². The summed E-state index contributed by atoms with van der Waals surface area (Å²) >= 11 is 0. The van der Waals surface area contributed by atoms with Gasteiger partial charge in [-0.15, -0.1) is 0 Å². The Morgan fingerprint density at radius 1 is 1.04 bits per heavy atom. The third-order valence-electron chi connectivity index (χ3n) is 7.63. The zero-order valence-electron chi connectivity index (χ0n) is 16.5. The minimum atomic E-state index is -0.0635. The summed E-state index contributed by atoms with van der Waals surface area (Å²) in [7, 11) is 0. The molecule has 1 saturated heterocycles. The number of carbonyl (C=O) groups is 2. The van der Waals surface area contributed by atoms with E-state index in [0.29, 0.717) is 24.2 Å². The minimum Gasteiger partial charge on any atom is -0.353 e. The van der Waals surface area contributed by atoms with Crippen molar-refractivity contribution in [3.05, 3.63) is 24.3 Å². The van der Waals surface area contributed by atoms with Gasteiger partial charge < -0.3 is 10.2 Å². The number of hydrogen-bond donors (Lipinski definition) is 1. The summed E-state index contributed by atoms with van der Waals surface area (Å²) in [4.78, 5) is 35.2. The Labute approximate surface area is 166 Å². The van der Waals surface area contributed by atoms with Crippen molar-refractivity contribution in [3.8, 4) is 0 Å². The summed E-state index contributed by atoms with van der Waals surface area (Å²) in [5.74, 6) is 2.82. The lowest BCUT2D eigenvalue weighted by atomic mass is 9.49. The zero-order chi connectivity index (χ0) is 19.1. The lowest BCUT2D eigenvalue weighted by molar-refractivity contribution is -0.130. The molecule has 6 rings (SSSR count). The average Bonchev–Trinajstić information content (AvgIpc) is 2.67. The molecule has 0 atom stereocenters. The molecule has 6 heteroatoms. The first-order valence-corrected chi connectivity index (χ1v) is 10.9. The number of amides is 2. The molecule has 2 heterocycles. The van der Waals surface area contributed by atoms with Crippen LogP contribution in [0.3, 0.4) is 0 Å². The Morgan fingerprint density at radius 3 is 2.25 bits per heavy atom. The number of aromatic nitrogens is 2. The molecule has 1 N–H and O–H groups in total. The number of likely N-dealkylation sites (tertiary alicyclic amines) is 1. The number of rotatable bonds is 4. The highest BCUT2D eigenvalue weighted by molar-refractivity contribution is 5.92. The van der Waals surface area contributed by atoms with Crippen molar-refractivity contribution >= 4 is 11.8 Å². The van der Waals surface area contributed by atoms with Gasteiger partial charge in [-0.25, -0.2) is 4.98 Å². The lowest BCUT2D eigenvalue weighted by Gasteiger charge is -2.56. The van der Waals surface area contributed by atoms with E-state index in [1.807, 2.05) is 4.90 Å². The van der Waals surface area contributed by atoms with Gasteiger partial charge in [0.2, 0.25) is 5.91 Å². The van der Waals surface area contributed by atoms with Crippen LogP contribution in [-0.2, 0) is 4.79 Å². The number of nitrogens with one attached hydrogen (secondary N) is 1. The van der Waals surface area contributed by atoms with Crippen molar-refractivity contribution in [2.45, 2.75) is 63.8 Å². The van der Waals surface area contributed by atoms with Gasteiger partial charge in [0.05, 0.1) is 6.20 Å². The average molecular weight is 383 g/mol. The summed E-state index contributed by atoms with van der Waals surface area (Å²) in [5.41, 5.74) is 0.688. The molecular formula is C22H30N4O2. The fourth-order valence-electron chi connectivity index (χ4n) is 6.92.